The third-order valence-electron chi connectivity index (χ3n) is 6.34. The van der Waals surface area contributed by atoms with Gasteiger partial charge in [0.25, 0.3) is 0 Å². The number of aromatic carboxylic acids is 1. The molecule has 0 radical (unpaired) electrons. The molecule has 138 valence electrons. The minimum absolute atomic E-state index is 0.333. The van der Waals surface area contributed by atoms with Crippen LogP contribution in [0, 0.1) is 5.92 Å². The first-order valence-electron chi connectivity index (χ1n) is 10.0. The molecule has 1 saturated carbocycles. The Kier molecular flexibility index (Phi) is 5.80. The molecule has 1 aliphatic carbocycles. The van der Waals surface area contributed by atoms with Gasteiger partial charge in [0.1, 0.15) is 0 Å². The van der Waals surface area contributed by atoms with Gasteiger partial charge in [0.15, 0.2) is 0 Å². The Labute approximate surface area is 157 Å². The summed E-state index contributed by atoms with van der Waals surface area (Å²) in [5.41, 5.74) is 4.38. The van der Waals surface area contributed by atoms with Crippen molar-refractivity contribution in [1.82, 2.24) is 0 Å². The highest BCUT2D eigenvalue weighted by atomic mass is 16.4. The van der Waals surface area contributed by atoms with Gasteiger partial charge in [0.05, 0.1) is 5.56 Å². The Hall–Kier alpha value is -2.09. The Morgan fingerprint density at radius 2 is 1.50 bits per heavy atom. The number of benzene rings is 2. The molecule has 1 atom stereocenters. The van der Waals surface area contributed by atoms with Gasteiger partial charge >= 0.3 is 5.97 Å². The van der Waals surface area contributed by atoms with Crippen LogP contribution < -0.4 is 0 Å². The average Bonchev–Trinajstić information content (AvgIpc) is 2.69. The molecule has 0 bridgehead atoms. The van der Waals surface area contributed by atoms with Gasteiger partial charge in [-0.3, -0.25) is 0 Å². The lowest BCUT2D eigenvalue weighted by molar-refractivity contribution is 0.0697. The van der Waals surface area contributed by atoms with E-state index in [4.69, 9.17) is 5.11 Å². The quantitative estimate of drug-likeness (QED) is 0.630. The Bertz CT molecular complexity index is 722. The highest BCUT2D eigenvalue weighted by Gasteiger charge is 2.38. The summed E-state index contributed by atoms with van der Waals surface area (Å²) in [6, 6.07) is 16.2. The van der Waals surface area contributed by atoms with Gasteiger partial charge in [-0.1, -0.05) is 82.3 Å². The summed E-state index contributed by atoms with van der Waals surface area (Å²) in [6.07, 6.45) is 9.20. The molecule has 0 saturated heterocycles. The zero-order valence-electron chi connectivity index (χ0n) is 16.0. The fraction of sp³-hybridized carbons (Fsp3) is 0.458. The second-order valence-electron chi connectivity index (χ2n) is 7.87. The molecule has 3 rings (SSSR count). The number of hydrogen-bond donors (Lipinski definition) is 1. The van der Waals surface area contributed by atoms with Crippen molar-refractivity contribution in [3.8, 4) is 11.1 Å². The standard InChI is InChI=1S/C24H30O2/c1-3-7-18(2)24(16-5-4-6-17-24)22-14-12-20(13-15-22)19-8-10-21(11-9-19)23(25)26/h8-15,18H,3-7,16-17H2,1-2H3,(H,25,26). The van der Waals surface area contributed by atoms with E-state index in [1.807, 2.05) is 12.1 Å². The zero-order valence-corrected chi connectivity index (χ0v) is 16.0. The molecule has 0 heterocycles. The van der Waals surface area contributed by atoms with Crippen LogP contribution in [0.4, 0.5) is 0 Å². The van der Waals surface area contributed by atoms with Gasteiger partial charge in [-0.25, -0.2) is 4.79 Å². The summed E-state index contributed by atoms with van der Waals surface area (Å²) in [5, 5.41) is 9.05. The van der Waals surface area contributed by atoms with Crippen LogP contribution in [0.25, 0.3) is 11.1 Å². The predicted molar refractivity (Wildman–Crippen MR) is 108 cm³/mol. The van der Waals surface area contributed by atoms with Crippen LogP contribution in [0.3, 0.4) is 0 Å². The van der Waals surface area contributed by atoms with Crippen LogP contribution in [0.5, 0.6) is 0 Å². The SMILES string of the molecule is CCCC(C)C1(c2ccc(-c3ccc(C(=O)O)cc3)cc2)CCCCC1. The summed E-state index contributed by atoms with van der Waals surface area (Å²) < 4.78 is 0. The van der Waals surface area contributed by atoms with Gasteiger partial charge in [-0.05, 0) is 53.0 Å². The smallest absolute Gasteiger partial charge is 0.335 e. The van der Waals surface area contributed by atoms with Crippen LogP contribution in [-0.2, 0) is 5.41 Å². The number of hydrogen-bond acceptors (Lipinski definition) is 1. The number of rotatable bonds is 6. The Balaban J connectivity index is 1.88. The van der Waals surface area contributed by atoms with Crippen molar-refractivity contribution < 1.29 is 9.90 Å². The third-order valence-corrected chi connectivity index (χ3v) is 6.34. The van der Waals surface area contributed by atoms with E-state index in [1.54, 1.807) is 12.1 Å². The van der Waals surface area contributed by atoms with Gasteiger partial charge in [0.2, 0.25) is 0 Å². The minimum atomic E-state index is -0.879. The number of carbonyl (C=O) groups is 1. The summed E-state index contributed by atoms with van der Waals surface area (Å²) >= 11 is 0. The topological polar surface area (TPSA) is 37.3 Å². The lowest BCUT2D eigenvalue weighted by Crippen LogP contribution is -2.36. The molecule has 0 spiro atoms. The molecule has 1 unspecified atom stereocenters. The fourth-order valence-corrected chi connectivity index (χ4v) is 4.76. The molecule has 2 aromatic carbocycles. The molecule has 26 heavy (non-hydrogen) atoms. The molecule has 2 nitrogen and oxygen atoms in total. The molecular weight excluding hydrogens is 320 g/mol. The first kappa shape index (κ1) is 18.7. The summed E-state index contributed by atoms with van der Waals surface area (Å²) in [7, 11) is 0. The van der Waals surface area contributed by atoms with E-state index >= 15 is 0 Å². The van der Waals surface area contributed by atoms with Crippen molar-refractivity contribution in [2.45, 2.75) is 64.2 Å². The van der Waals surface area contributed by atoms with E-state index in [9.17, 15) is 4.79 Å². The van der Waals surface area contributed by atoms with E-state index in [1.165, 1.54) is 50.5 Å². The highest BCUT2D eigenvalue weighted by Crippen LogP contribution is 2.47. The van der Waals surface area contributed by atoms with Crippen LogP contribution in [0.1, 0.15) is 74.7 Å². The van der Waals surface area contributed by atoms with Gasteiger partial charge in [-0.15, -0.1) is 0 Å². The zero-order chi connectivity index (χ0) is 18.6. The molecular formula is C24H30O2. The maximum absolute atomic E-state index is 11.0. The molecule has 0 amide bonds. The largest absolute Gasteiger partial charge is 0.478 e. The number of carboxylic acid groups (broad SMARTS) is 1. The van der Waals surface area contributed by atoms with Crippen molar-refractivity contribution in [1.29, 1.82) is 0 Å². The second-order valence-corrected chi connectivity index (χ2v) is 7.87. The van der Waals surface area contributed by atoms with Crippen molar-refractivity contribution >= 4 is 5.97 Å². The highest BCUT2D eigenvalue weighted by molar-refractivity contribution is 5.88. The molecule has 0 aromatic heterocycles. The van der Waals surface area contributed by atoms with E-state index in [2.05, 4.69) is 38.1 Å². The first-order valence-corrected chi connectivity index (χ1v) is 10.0. The molecule has 1 fully saturated rings. The maximum Gasteiger partial charge on any atom is 0.335 e. The van der Waals surface area contributed by atoms with Crippen LogP contribution in [0.2, 0.25) is 0 Å². The summed E-state index contributed by atoms with van der Waals surface area (Å²) in [6.45, 7) is 4.73. The van der Waals surface area contributed by atoms with Gasteiger partial charge < -0.3 is 5.11 Å². The summed E-state index contributed by atoms with van der Waals surface area (Å²) in [4.78, 5) is 11.0. The molecule has 0 aliphatic heterocycles. The van der Waals surface area contributed by atoms with E-state index < -0.39 is 5.97 Å². The van der Waals surface area contributed by atoms with E-state index in [0.29, 0.717) is 16.9 Å². The van der Waals surface area contributed by atoms with E-state index in [-0.39, 0.29) is 0 Å². The lowest BCUT2D eigenvalue weighted by atomic mass is 9.61. The normalized spacial score (nSPS) is 17.6. The molecule has 2 heteroatoms. The average molecular weight is 351 g/mol. The van der Waals surface area contributed by atoms with Crippen molar-refractivity contribution in [3.63, 3.8) is 0 Å². The molecule has 1 N–H and O–H groups in total. The minimum Gasteiger partial charge on any atom is -0.478 e. The molecule has 1 aliphatic rings. The fourth-order valence-electron chi connectivity index (χ4n) is 4.76. The first-order chi connectivity index (χ1) is 12.6. The third kappa shape index (κ3) is 3.70. The van der Waals surface area contributed by atoms with E-state index in [0.717, 1.165) is 11.1 Å². The second kappa shape index (κ2) is 8.07. The molecule has 2 aromatic rings. The lowest BCUT2D eigenvalue weighted by Gasteiger charge is -2.43. The van der Waals surface area contributed by atoms with Crippen LogP contribution >= 0.6 is 0 Å². The number of carboxylic acids is 1. The van der Waals surface area contributed by atoms with Crippen LogP contribution in [-0.4, -0.2) is 11.1 Å². The van der Waals surface area contributed by atoms with Crippen LogP contribution in [0.15, 0.2) is 48.5 Å². The maximum atomic E-state index is 11.0. The van der Waals surface area contributed by atoms with Crippen molar-refractivity contribution in [2.75, 3.05) is 0 Å². The Morgan fingerprint density at radius 1 is 0.962 bits per heavy atom. The summed E-state index contributed by atoms with van der Waals surface area (Å²) in [5.74, 6) is -0.162. The monoisotopic (exact) mass is 350 g/mol. The van der Waals surface area contributed by atoms with Crippen molar-refractivity contribution in [2.24, 2.45) is 5.92 Å². The van der Waals surface area contributed by atoms with Gasteiger partial charge in [0, 0.05) is 0 Å². The predicted octanol–water partition coefficient (Wildman–Crippen LogP) is 6.69. The Morgan fingerprint density at radius 3 is 2.00 bits per heavy atom. The van der Waals surface area contributed by atoms with Crippen molar-refractivity contribution in [3.05, 3.63) is 59.7 Å². The van der Waals surface area contributed by atoms with Gasteiger partial charge in [-0.2, -0.15) is 0 Å².